The maximum Gasteiger partial charge on any atom is 0.0462 e. The monoisotopic (exact) mass is 848 g/mol. The number of thiophene rings is 1. The van der Waals surface area contributed by atoms with Gasteiger partial charge in [0.15, 0.2) is 0 Å². The first-order valence-electron chi connectivity index (χ1n) is 22.3. The lowest BCUT2D eigenvalue weighted by atomic mass is 9.73. The lowest BCUT2D eigenvalue weighted by Crippen LogP contribution is -2.22. The summed E-state index contributed by atoms with van der Waals surface area (Å²) in [6.07, 6.45) is 0. The third kappa shape index (κ3) is 6.55. The van der Waals surface area contributed by atoms with E-state index in [0.29, 0.717) is 0 Å². The first-order valence-corrected chi connectivity index (χ1v) is 23.2. The second-order valence-corrected chi connectivity index (χ2v) is 18.1. The Morgan fingerprint density at radius 2 is 0.769 bits per heavy atom. The zero-order valence-corrected chi connectivity index (χ0v) is 36.8. The largest absolute Gasteiger partial charge is 0.311 e. The minimum Gasteiger partial charge on any atom is -0.311 e. The zero-order valence-electron chi connectivity index (χ0n) is 36.0. The predicted octanol–water partition coefficient (Wildman–Crippen LogP) is 17.7. The quantitative estimate of drug-likeness (QED) is 0.143. The molecule has 1 aromatic heterocycles. The van der Waals surface area contributed by atoms with Gasteiger partial charge >= 0.3 is 0 Å². The number of benzene rings is 10. The van der Waals surface area contributed by atoms with Crippen LogP contribution in [0.1, 0.15) is 23.6 Å². The van der Waals surface area contributed by atoms with Crippen molar-refractivity contribution in [3.05, 3.63) is 265 Å². The van der Waals surface area contributed by atoms with E-state index in [0.717, 1.165) is 34.1 Å². The first-order chi connectivity index (χ1) is 32.1. The van der Waals surface area contributed by atoms with Gasteiger partial charge in [0, 0.05) is 59.7 Å². The van der Waals surface area contributed by atoms with Crippen LogP contribution in [-0.2, 0) is 5.41 Å². The van der Waals surface area contributed by atoms with Gasteiger partial charge < -0.3 is 9.80 Å². The Labute approximate surface area is 384 Å². The summed E-state index contributed by atoms with van der Waals surface area (Å²) in [7, 11) is 0. The van der Waals surface area contributed by atoms with E-state index in [4.69, 9.17) is 0 Å². The van der Waals surface area contributed by atoms with Crippen molar-refractivity contribution in [1.29, 1.82) is 0 Å². The molecule has 0 saturated heterocycles. The highest BCUT2D eigenvalue weighted by Gasteiger charge is 2.43. The van der Waals surface area contributed by atoms with E-state index in [1.165, 1.54) is 70.2 Å². The molecule has 1 unspecified atom stereocenters. The van der Waals surface area contributed by atoms with Crippen molar-refractivity contribution in [1.82, 2.24) is 0 Å². The second-order valence-electron chi connectivity index (χ2n) is 17.0. The van der Waals surface area contributed by atoms with E-state index >= 15 is 0 Å². The zero-order chi connectivity index (χ0) is 43.3. The molecule has 0 radical (unpaired) electrons. The minimum atomic E-state index is -0.425. The Kier molecular flexibility index (Phi) is 9.51. The average molecular weight is 849 g/mol. The standard InChI is InChI=1S/C62H44N2S/c1-62(57-31-18-29-53-52-27-15-17-32-59(52)65-61(53)57)56-30-16-14-28-54(56)60-55(44-35-39-51(40-36-44)64(48-23-10-4-11-24-48)49-25-12-5-13-26-49)41-45(42-58(60)62)43-33-37-50(38-34-43)63(46-19-6-2-7-20-46)47-21-8-3-9-22-47/h2-42H,1H3. The van der Waals surface area contributed by atoms with E-state index in [9.17, 15) is 0 Å². The predicted molar refractivity (Wildman–Crippen MR) is 277 cm³/mol. The molecule has 65 heavy (non-hydrogen) atoms. The number of para-hydroxylation sites is 4. The summed E-state index contributed by atoms with van der Waals surface area (Å²) in [6, 6.07) is 90.7. The molecule has 308 valence electrons. The summed E-state index contributed by atoms with van der Waals surface area (Å²) >= 11 is 1.92. The van der Waals surface area contributed by atoms with E-state index in [-0.39, 0.29) is 0 Å². The number of fused-ring (bicyclic) bond motifs is 6. The highest BCUT2D eigenvalue weighted by molar-refractivity contribution is 7.26. The van der Waals surface area contributed by atoms with Gasteiger partial charge in [-0.25, -0.2) is 0 Å². The molecule has 0 spiro atoms. The molecular formula is C62H44N2S. The van der Waals surface area contributed by atoms with Crippen LogP contribution in [0.4, 0.5) is 34.1 Å². The lowest BCUT2D eigenvalue weighted by Gasteiger charge is -2.30. The van der Waals surface area contributed by atoms with Crippen LogP contribution < -0.4 is 9.80 Å². The molecule has 0 aliphatic heterocycles. The van der Waals surface area contributed by atoms with Gasteiger partial charge in [-0.05, 0) is 148 Å². The number of nitrogens with zero attached hydrogens (tertiary/aromatic N) is 2. The molecule has 0 N–H and O–H groups in total. The number of hydrogen-bond donors (Lipinski definition) is 0. The Morgan fingerprint density at radius 3 is 1.34 bits per heavy atom. The van der Waals surface area contributed by atoms with Crippen molar-refractivity contribution in [2.24, 2.45) is 0 Å². The van der Waals surface area contributed by atoms with Crippen LogP contribution in [0.15, 0.2) is 249 Å². The highest BCUT2D eigenvalue weighted by atomic mass is 32.1. The fourth-order valence-corrected chi connectivity index (χ4v) is 11.6. The molecule has 11 aromatic rings. The first kappa shape index (κ1) is 38.7. The van der Waals surface area contributed by atoms with E-state index in [1.807, 2.05) is 11.3 Å². The molecule has 12 rings (SSSR count). The van der Waals surface area contributed by atoms with E-state index < -0.39 is 5.41 Å². The van der Waals surface area contributed by atoms with Gasteiger partial charge in [-0.3, -0.25) is 0 Å². The maximum atomic E-state index is 2.49. The summed E-state index contributed by atoms with van der Waals surface area (Å²) < 4.78 is 2.67. The normalized spacial score (nSPS) is 14.0. The molecule has 2 nitrogen and oxygen atoms in total. The van der Waals surface area contributed by atoms with Crippen molar-refractivity contribution in [3.63, 3.8) is 0 Å². The molecule has 0 saturated carbocycles. The maximum absolute atomic E-state index is 2.49. The van der Waals surface area contributed by atoms with Gasteiger partial charge in [-0.2, -0.15) is 0 Å². The van der Waals surface area contributed by atoms with E-state index in [1.54, 1.807) is 0 Å². The van der Waals surface area contributed by atoms with Crippen LogP contribution in [0.3, 0.4) is 0 Å². The third-order valence-electron chi connectivity index (χ3n) is 13.3. The molecule has 1 atom stereocenters. The van der Waals surface area contributed by atoms with Gasteiger partial charge in [0.05, 0.1) is 0 Å². The summed E-state index contributed by atoms with van der Waals surface area (Å²) in [5, 5.41) is 2.64. The molecule has 1 heterocycles. The van der Waals surface area contributed by atoms with Crippen molar-refractivity contribution in [2.45, 2.75) is 12.3 Å². The Hall–Kier alpha value is -7.98. The van der Waals surface area contributed by atoms with Crippen LogP contribution in [0.25, 0.3) is 53.6 Å². The Bertz CT molecular complexity index is 3390. The van der Waals surface area contributed by atoms with Crippen LogP contribution in [-0.4, -0.2) is 0 Å². The van der Waals surface area contributed by atoms with Crippen LogP contribution in [0, 0.1) is 0 Å². The number of rotatable bonds is 9. The lowest BCUT2D eigenvalue weighted by molar-refractivity contribution is 0.722. The molecule has 0 bridgehead atoms. The van der Waals surface area contributed by atoms with Gasteiger partial charge in [0.25, 0.3) is 0 Å². The number of anilines is 6. The van der Waals surface area contributed by atoms with Crippen molar-refractivity contribution in [3.8, 4) is 33.4 Å². The minimum absolute atomic E-state index is 0.425. The van der Waals surface area contributed by atoms with E-state index in [2.05, 4.69) is 265 Å². The van der Waals surface area contributed by atoms with Crippen molar-refractivity contribution >= 4 is 65.6 Å². The van der Waals surface area contributed by atoms with Gasteiger partial charge in [0.1, 0.15) is 0 Å². The van der Waals surface area contributed by atoms with Crippen molar-refractivity contribution < 1.29 is 0 Å². The third-order valence-corrected chi connectivity index (χ3v) is 14.5. The molecule has 1 aliphatic carbocycles. The fraction of sp³-hybridized carbons (Fsp3) is 0.0323. The molecule has 0 fully saturated rings. The van der Waals surface area contributed by atoms with Crippen LogP contribution in [0.2, 0.25) is 0 Å². The van der Waals surface area contributed by atoms with Gasteiger partial charge in [0.2, 0.25) is 0 Å². The van der Waals surface area contributed by atoms with Crippen LogP contribution >= 0.6 is 11.3 Å². The summed E-state index contributed by atoms with van der Waals surface area (Å²) in [5.41, 5.74) is 17.7. The molecule has 1 aliphatic rings. The smallest absolute Gasteiger partial charge is 0.0462 e. The van der Waals surface area contributed by atoms with Gasteiger partial charge in [-0.15, -0.1) is 11.3 Å². The summed E-state index contributed by atoms with van der Waals surface area (Å²) in [5.74, 6) is 0. The van der Waals surface area contributed by atoms with Crippen molar-refractivity contribution in [2.75, 3.05) is 9.80 Å². The summed E-state index contributed by atoms with van der Waals surface area (Å²) in [6.45, 7) is 2.46. The Morgan fingerprint density at radius 1 is 0.323 bits per heavy atom. The molecular weight excluding hydrogens is 805 g/mol. The average Bonchev–Trinajstić information content (AvgIpc) is 3.89. The SMILES string of the molecule is CC1(c2cccc3c2sc2ccccc23)c2ccccc2-c2c(-c3ccc(N(c4ccccc4)c4ccccc4)cc3)cc(-c3ccc(N(c4ccccc4)c4ccccc4)cc3)cc21. The topological polar surface area (TPSA) is 6.48 Å². The van der Waals surface area contributed by atoms with Crippen LogP contribution in [0.5, 0.6) is 0 Å². The second kappa shape index (κ2) is 16.0. The molecule has 3 heteroatoms. The highest BCUT2D eigenvalue weighted by Crippen LogP contribution is 2.58. The van der Waals surface area contributed by atoms with Gasteiger partial charge in [-0.1, -0.05) is 158 Å². The molecule has 0 amide bonds. The fourth-order valence-electron chi connectivity index (χ4n) is 10.2. The summed E-state index contributed by atoms with van der Waals surface area (Å²) in [4.78, 5) is 4.66. The molecule has 10 aromatic carbocycles. The Balaban J connectivity index is 1.06. The number of hydrogen-bond acceptors (Lipinski definition) is 3.